The number of allylic oxidation sites excluding steroid dienone is 3. The average molecular weight is 192 g/mol. The Morgan fingerprint density at radius 3 is 2.93 bits per heavy atom. The van der Waals surface area contributed by atoms with Crippen LogP contribution in [0.4, 0.5) is 0 Å². The zero-order valence-electron chi connectivity index (χ0n) is 9.21. The molecule has 0 aromatic heterocycles. The van der Waals surface area contributed by atoms with Crippen LogP contribution in [-0.2, 0) is 0 Å². The molecule has 1 nitrogen and oxygen atoms in total. The zero-order valence-corrected chi connectivity index (χ0v) is 9.21. The quantitative estimate of drug-likeness (QED) is 0.680. The monoisotopic (exact) mass is 192 g/mol. The molecular formula is C13H20O. The van der Waals surface area contributed by atoms with Crippen LogP contribution in [-0.4, -0.2) is 10.7 Å². The second-order valence-corrected chi connectivity index (χ2v) is 4.24. The van der Waals surface area contributed by atoms with E-state index in [1.54, 1.807) is 6.08 Å². The van der Waals surface area contributed by atoms with Gasteiger partial charge in [0, 0.05) is 0 Å². The van der Waals surface area contributed by atoms with Crippen LogP contribution in [0.25, 0.3) is 0 Å². The molecule has 1 unspecified atom stereocenters. The standard InChI is InChI=1S/C13H20O/c1-4-13(14)10-6-5-7-12(13)9-8-11(2)3/h4,7-8,14H,1,5-6,9-10H2,2-3H3. The van der Waals surface area contributed by atoms with Crippen LogP contribution in [0.2, 0.25) is 0 Å². The average Bonchev–Trinajstić information content (AvgIpc) is 2.16. The van der Waals surface area contributed by atoms with Gasteiger partial charge < -0.3 is 5.11 Å². The molecule has 0 fully saturated rings. The molecule has 14 heavy (non-hydrogen) atoms. The Kier molecular flexibility index (Phi) is 3.70. The number of rotatable bonds is 3. The lowest BCUT2D eigenvalue weighted by Gasteiger charge is -2.30. The molecule has 0 spiro atoms. The Morgan fingerprint density at radius 2 is 2.36 bits per heavy atom. The van der Waals surface area contributed by atoms with Crippen LogP contribution in [0.3, 0.4) is 0 Å². The fourth-order valence-electron chi connectivity index (χ4n) is 1.79. The van der Waals surface area contributed by atoms with Gasteiger partial charge in [0.2, 0.25) is 0 Å². The van der Waals surface area contributed by atoms with Crippen molar-refractivity contribution < 1.29 is 5.11 Å². The largest absolute Gasteiger partial charge is 0.381 e. The Hall–Kier alpha value is -0.820. The highest BCUT2D eigenvalue weighted by Crippen LogP contribution is 2.32. The fraction of sp³-hybridized carbons (Fsp3) is 0.538. The molecule has 0 saturated carbocycles. The molecule has 78 valence electrons. The lowest BCUT2D eigenvalue weighted by Crippen LogP contribution is -2.30. The van der Waals surface area contributed by atoms with Crippen molar-refractivity contribution in [3.63, 3.8) is 0 Å². The molecule has 0 aliphatic heterocycles. The molecule has 0 aromatic rings. The van der Waals surface area contributed by atoms with Crippen LogP contribution in [0.5, 0.6) is 0 Å². The number of hydrogen-bond donors (Lipinski definition) is 1. The van der Waals surface area contributed by atoms with E-state index in [9.17, 15) is 5.11 Å². The summed E-state index contributed by atoms with van der Waals surface area (Å²) >= 11 is 0. The van der Waals surface area contributed by atoms with Crippen LogP contribution >= 0.6 is 0 Å². The summed E-state index contributed by atoms with van der Waals surface area (Å²) in [6.07, 6.45) is 9.81. The van der Waals surface area contributed by atoms with Crippen molar-refractivity contribution in [1.82, 2.24) is 0 Å². The van der Waals surface area contributed by atoms with E-state index < -0.39 is 5.60 Å². The maximum Gasteiger partial charge on any atom is 0.104 e. The van der Waals surface area contributed by atoms with E-state index in [0.717, 1.165) is 31.3 Å². The zero-order chi connectivity index (χ0) is 10.6. The van der Waals surface area contributed by atoms with Gasteiger partial charge in [-0.2, -0.15) is 0 Å². The van der Waals surface area contributed by atoms with Gasteiger partial charge in [-0.1, -0.05) is 30.4 Å². The Morgan fingerprint density at radius 1 is 1.64 bits per heavy atom. The second-order valence-electron chi connectivity index (χ2n) is 4.24. The number of hydrogen-bond acceptors (Lipinski definition) is 1. The Labute approximate surface area is 86.8 Å². The molecule has 1 rings (SSSR count). The van der Waals surface area contributed by atoms with Crippen LogP contribution in [0.1, 0.15) is 39.5 Å². The van der Waals surface area contributed by atoms with Gasteiger partial charge in [0.05, 0.1) is 0 Å². The van der Waals surface area contributed by atoms with Gasteiger partial charge in [-0.15, -0.1) is 0 Å². The first-order valence-electron chi connectivity index (χ1n) is 5.27. The van der Waals surface area contributed by atoms with Gasteiger partial charge in [0.15, 0.2) is 0 Å². The van der Waals surface area contributed by atoms with Gasteiger partial charge in [-0.05, 0) is 45.1 Å². The normalized spacial score (nSPS) is 26.6. The van der Waals surface area contributed by atoms with E-state index in [0.29, 0.717) is 0 Å². The maximum absolute atomic E-state index is 10.2. The molecule has 1 N–H and O–H groups in total. The van der Waals surface area contributed by atoms with Crippen molar-refractivity contribution in [2.75, 3.05) is 0 Å². The van der Waals surface area contributed by atoms with Crippen molar-refractivity contribution in [2.24, 2.45) is 0 Å². The summed E-state index contributed by atoms with van der Waals surface area (Å²) < 4.78 is 0. The summed E-state index contributed by atoms with van der Waals surface area (Å²) in [5, 5.41) is 10.2. The van der Waals surface area contributed by atoms with Crippen molar-refractivity contribution in [3.8, 4) is 0 Å². The summed E-state index contributed by atoms with van der Waals surface area (Å²) in [4.78, 5) is 0. The minimum Gasteiger partial charge on any atom is -0.381 e. The summed E-state index contributed by atoms with van der Waals surface area (Å²) in [7, 11) is 0. The van der Waals surface area contributed by atoms with Gasteiger partial charge >= 0.3 is 0 Å². The third-order valence-electron chi connectivity index (χ3n) is 2.78. The smallest absolute Gasteiger partial charge is 0.104 e. The Bertz CT molecular complexity index is 269. The van der Waals surface area contributed by atoms with Crippen molar-refractivity contribution in [2.45, 2.75) is 45.1 Å². The van der Waals surface area contributed by atoms with E-state index in [-0.39, 0.29) is 0 Å². The molecule has 0 heterocycles. The lowest BCUT2D eigenvalue weighted by molar-refractivity contribution is 0.109. The topological polar surface area (TPSA) is 20.2 Å². The predicted molar refractivity (Wildman–Crippen MR) is 61.1 cm³/mol. The van der Waals surface area contributed by atoms with Crippen molar-refractivity contribution in [3.05, 3.63) is 36.0 Å². The van der Waals surface area contributed by atoms with Crippen molar-refractivity contribution in [1.29, 1.82) is 0 Å². The molecule has 0 saturated heterocycles. The molecule has 0 radical (unpaired) electrons. The third-order valence-corrected chi connectivity index (χ3v) is 2.78. The van der Waals surface area contributed by atoms with Crippen molar-refractivity contribution >= 4 is 0 Å². The first-order valence-corrected chi connectivity index (χ1v) is 5.27. The van der Waals surface area contributed by atoms with Gasteiger partial charge in [-0.3, -0.25) is 0 Å². The van der Waals surface area contributed by atoms with E-state index in [1.807, 2.05) is 0 Å². The van der Waals surface area contributed by atoms with Gasteiger partial charge in [-0.25, -0.2) is 0 Å². The minimum absolute atomic E-state index is 0.746. The predicted octanol–water partition coefficient (Wildman–Crippen LogP) is 3.37. The fourth-order valence-corrected chi connectivity index (χ4v) is 1.79. The van der Waals surface area contributed by atoms with E-state index in [2.05, 4.69) is 32.6 Å². The molecule has 0 amide bonds. The third kappa shape index (κ3) is 2.58. The van der Waals surface area contributed by atoms with E-state index >= 15 is 0 Å². The first-order chi connectivity index (χ1) is 6.58. The van der Waals surface area contributed by atoms with Crippen LogP contribution in [0, 0.1) is 0 Å². The van der Waals surface area contributed by atoms with E-state index in [1.165, 1.54) is 5.57 Å². The highest BCUT2D eigenvalue weighted by atomic mass is 16.3. The highest BCUT2D eigenvalue weighted by Gasteiger charge is 2.28. The molecule has 1 aliphatic rings. The first kappa shape index (κ1) is 11.3. The van der Waals surface area contributed by atoms with Crippen LogP contribution in [0.15, 0.2) is 36.0 Å². The van der Waals surface area contributed by atoms with Crippen LogP contribution < -0.4 is 0 Å². The Balaban J connectivity index is 2.78. The summed E-state index contributed by atoms with van der Waals surface area (Å²) in [5.74, 6) is 0. The SMILES string of the molecule is C=CC1(O)CCCC=C1CC=C(C)C. The highest BCUT2D eigenvalue weighted by molar-refractivity contribution is 5.28. The molecule has 0 aromatic carbocycles. The second kappa shape index (κ2) is 4.61. The maximum atomic E-state index is 10.2. The summed E-state index contributed by atoms with van der Waals surface area (Å²) in [6, 6.07) is 0. The van der Waals surface area contributed by atoms with Gasteiger partial charge in [0.25, 0.3) is 0 Å². The van der Waals surface area contributed by atoms with E-state index in [4.69, 9.17) is 0 Å². The van der Waals surface area contributed by atoms with Gasteiger partial charge in [0.1, 0.15) is 5.60 Å². The summed E-state index contributed by atoms with van der Waals surface area (Å²) in [5.41, 5.74) is 1.66. The lowest BCUT2D eigenvalue weighted by atomic mass is 9.81. The molecule has 0 bridgehead atoms. The minimum atomic E-state index is -0.746. The molecule has 1 aliphatic carbocycles. The molecular weight excluding hydrogens is 172 g/mol. The summed E-state index contributed by atoms with van der Waals surface area (Å²) in [6.45, 7) is 7.88. The molecule has 1 atom stereocenters. The number of aliphatic hydroxyl groups is 1. The molecule has 1 heteroatoms.